The van der Waals surface area contributed by atoms with Gasteiger partial charge in [-0.1, -0.05) is 23.5 Å². The van der Waals surface area contributed by atoms with Crippen LogP contribution in [0.4, 0.5) is 5.13 Å². The van der Waals surface area contributed by atoms with Gasteiger partial charge >= 0.3 is 0 Å². The molecule has 3 rings (SSSR count). The molecule has 0 saturated carbocycles. The van der Waals surface area contributed by atoms with Crippen molar-refractivity contribution >= 4 is 22.4 Å². The third-order valence-corrected chi connectivity index (χ3v) is 4.74. The largest absolute Gasteiger partial charge is 0.497 e. The summed E-state index contributed by atoms with van der Waals surface area (Å²) in [5.41, 5.74) is 1.11. The molecule has 0 unspecified atom stereocenters. The Bertz CT molecular complexity index is 668. The Morgan fingerprint density at radius 1 is 1.39 bits per heavy atom. The van der Waals surface area contributed by atoms with Gasteiger partial charge in [0, 0.05) is 12.3 Å². The average Bonchev–Trinajstić information content (AvgIpc) is 3.02. The van der Waals surface area contributed by atoms with Crippen LogP contribution in [-0.2, 0) is 11.2 Å². The predicted octanol–water partition coefficient (Wildman–Crippen LogP) is 2.08. The maximum absolute atomic E-state index is 12.2. The monoisotopic (exact) mass is 332 g/mol. The van der Waals surface area contributed by atoms with E-state index in [-0.39, 0.29) is 11.8 Å². The number of piperidine rings is 1. The molecule has 1 fully saturated rings. The van der Waals surface area contributed by atoms with E-state index in [0.717, 1.165) is 42.3 Å². The molecule has 1 aliphatic heterocycles. The first-order chi connectivity index (χ1) is 11.2. The van der Waals surface area contributed by atoms with Crippen molar-refractivity contribution in [2.75, 3.05) is 25.5 Å². The fourth-order valence-electron chi connectivity index (χ4n) is 2.62. The first kappa shape index (κ1) is 15.9. The van der Waals surface area contributed by atoms with E-state index in [1.54, 1.807) is 7.11 Å². The standard InChI is InChI=1S/C16H20N4O2S/c1-22-13-4-2-3-11(9-13)10-14-19-20-16(23-14)18-15(21)12-5-7-17-8-6-12/h2-4,9,12,17H,5-8,10H2,1H3,(H,18,20,21). The minimum absolute atomic E-state index is 0.0515. The van der Waals surface area contributed by atoms with Crippen LogP contribution < -0.4 is 15.4 Å². The zero-order chi connectivity index (χ0) is 16.1. The van der Waals surface area contributed by atoms with Crippen LogP contribution in [-0.4, -0.2) is 36.3 Å². The molecule has 1 aliphatic rings. The van der Waals surface area contributed by atoms with Crippen LogP contribution in [0.25, 0.3) is 0 Å². The average molecular weight is 332 g/mol. The van der Waals surface area contributed by atoms with Gasteiger partial charge in [0.1, 0.15) is 10.8 Å². The Balaban J connectivity index is 1.60. The molecular formula is C16H20N4O2S. The van der Waals surface area contributed by atoms with Crippen LogP contribution in [0.3, 0.4) is 0 Å². The lowest BCUT2D eigenvalue weighted by molar-refractivity contribution is -0.120. The summed E-state index contributed by atoms with van der Waals surface area (Å²) in [4.78, 5) is 12.2. The second kappa shape index (κ2) is 7.52. The molecule has 1 aromatic carbocycles. The van der Waals surface area contributed by atoms with Crippen molar-refractivity contribution in [2.45, 2.75) is 19.3 Å². The van der Waals surface area contributed by atoms with E-state index in [2.05, 4.69) is 20.8 Å². The number of benzene rings is 1. The molecule has 0 spiro atoms. The number of anilines is 1. The molecule has 0 aliphatic carbocycles. The number of ether oxygens (including phenoxy) is 1. The van der Waals surface area contributed by atoms with Gasteiger partial charge in [-0.05, 0) is 43.6 Å². The molecular weight excluding hydrogens is 312 g/mol. The van der Waals surface area contributed by atoms with Crippen LogP contribution in [0.5, 0.6) is 5.75 Å². The van der Waals surface area contributed by atoms with Crippen molar-refractivity contribution in [1.82, 2.24) is 15.5 Å². The van der Waals surface area contributed by atoms with Crippen molar-refractivity contribution < 1.29 is 9.53 Å². The SMILES string of the molecule is COc1cccc(Cc2nnc(NC(=O)C3CCNCC3)s2)c1. The van der Waals surface area contributed by atoms with Gasteiger partial charge in [-0.2, -0.15) is 0 Å². The molecule has 2 aromatic rings. The lowest BCUT2D eigenvalue weighted by Crippen LogP contribution is -2.34. The van der Waals surface area contributed by atoms with Crippen molar-refractivity contribution in [3.63, 3.8) is 0 Å². The van der Waals surface area contributed by atoms with E-state index in [1.165, 1.54) is 11.3 Å². The summed E-state index contributed by atoms with van der Waals surface area (Å²) in [6, 6.07) is 7.87. The molecule has 122 valence electrons. The molecule has 1 aromatic heterocycles. The number of aromatic nitrogens is 2. The summed E-state index contributed by atoms with van der Waals surface area (Å²) in [5, 5.41) is 15.8. The van der Waals surface area contributed by atoms with Crippen molar-refractivity contribution in [3.8, 4) is 5.75 Å². The molecule has 23 heavy (non-hydrogen) atoms. The van der Waals surface area contributed by atoms with Crippen LogP contribution in [0.15, 0.2) is 24.3 Å². The van der Waals surface area contributed by atoms with E-state index in [0.29, 0.717) is 11.6 Å². The van der Waals surface area contributed by atoms with Gasteiger partial charge in [-0.15, -0.1) is 10.2 Å². The maximum atomic E-state index is 12.2. The van der Waals surface area contributed by atoms with Crippen LogP contribution in [0, 0.1) is 5.92 Å². The molecule has 1 amide bonds. The number of rotatable bonds is 5. The third-order valence-electron chi connectivity index (χ3n) is 3.90. The lowest BCUT2D eigenvalue weighted by Gasteiger charge is -2.20. The van der Waals surface area contributed by atoms with E-state index in [1.807, 2.05) is 24.3 Å². The zero-order valence-electron chi connectivity index (χ0n) is 13.0. The fraction of sp³-hybridized carbons (Fsp3) is 0.438. The van der Waals surface area contributed by atoms with E-state index < -0.39 is 0 Å². The van der Waals surface area contributed by atoms with Gasteiger partial charge in [0.05, 0.1) is 7.11 Å². The first-order valence-corrected chi connectivity index (χ1v) is 8.53. The predicted molar refractivity (Wildman–Crippen MR) is 89.9 cm³/mol. The van der Waals surface area contributed by atoms with Crippen LogP contribution in [0.2, 0.25) is 0 Å². The quantitative estimate of drug-likeness (QED) is 0.877. The van der Waals surface area contributed by atoms with Gasteiger partial charge in [0.15, 0.2) is 0 Å². The molecule has 0 bridgehead atoms. The number of nitrogens with zero attached hydrogens (tertiary/aromatic N) is 2. The number of hydrogen-bond donors (Lipinski definition) is 2. The number of carbonyl (C=O) groups excluding carboxylic acids is 1. The fourth-order valence-corrected chi connectivity index (χ4v) is 3.40. The van der Waals surface area contributed by atoms with E-state index >= 15 is 0 Å². The number of nitrogens with one attached hydrogen (secondary N) is 2. The Morgan fingerprint density at radius 3 is 3.00 bits per heavy atom. The van der Waals surface area contributed by atoms with Gasteiger partial charge in [0.2, 0.25) is 11.0 Å². The molecule has 2 heterocycles. The number of methoxy groups -OCH3 is 1. The highest BCUT2D eigenvalue weighted by atomic mass is 32.1. The van der Waals surface area contributed by atoms with Gasteiger partial charge < -0.3 is 15.4 Å². The second-order valence-corrected chi connectivity index (χ2v) is 6.60. The highest BCUT2D eigenvalue weighted by Gasteiger charge is 2.21. The third kappa shape index (κ3) is 4.27. The molecule has 6 nitrogen and oxygen atoms in total. The van der Waals surface area contributed by atoms with Gasteiger partial charge in [-0.25, -0.2) is 0 Å². The number of hydrogen-bond acceptors (Lipinski definition) is 6. The molecule has 2 N–H and O–H groups in total. The summed E-state index contributed by atoms with van der Waals surface area (Å²) in [6.45, 7) is 1.80. The van der Waals surface area contributed by atoms with Gasteiger partial charge in [-0.3, -0.25) is 4.79 Å². The Morgan fingerprint density at radius 2 is 2.22 bits per heavy atom. The summed E-state index contributed by atoms with van der Waals surface area (Å²) >= 11 is 1.42. The minimum atomic E-state index is 0.0515. The normalized spacial score (nSPS) is 15.3. The summed E-state index contributed by atoms with van der Waals surface area (Å²) in [6.07, 6.45) is 2.43. The minimum Gasteiger partial charge on any atom is -0.497 e. The first-order valence-electron chi connectivity index (χ1n) is 7.71. The van der Waals surface area contributed by atoms with Crippen LogP contribution in [0.1, 0.15) is 23.4 Å². The molecule has 0 radical (unpaired) electrons. The second-order valence-electron chi connectivity index (χ2n) is 5.54. The molecule has 0 atom stereocenters. The highest BCUT2D eigenvalue weighted by Crippen LogP contribution is 2.22. The number of carbonyl (C=O) groups is 1. The van der Waals surface area contributed by atoms with Crippen molar-refractivity contribution in [2.24, 2.45) is 5.92 Å². The Hall–Kier alpha value is -1.99. The summed E-state index contributed by atoms with van der Waals surface area (Å²) in [5.74, 6) is 0.948. The zero-order valence-corrected chi connectivity index (χ0v) is 13.9. The molecule has 1 saturated heterocycles. The highest BCUT2D eigenvalue weighted by molar-refractivity contribution is 7.15. The molecule has 7 heteroatoms. The lowest BCUT2D eigenvalue weighted by atomic mass is 9.97. The Kier molecular flexibility index (Phi) is 5.19. The van der Waals surface area contributed by atoms with Crippen molar-refractivity contribution in [3.05, 3.63) is 34.8 Å². The topological polar surface area (TPSA) is 76.1 Å². The van der Waals surface area contributed by atoms with Crippen molar-refractivity contribution in [1.29, 1.82) is 0 Å². The van der Waals surface area contributed by atoms with E-state index in [9.17, 15) is 4.79 Å². The summed E-state index contributed by atoms with van der Waals surface area (Å²) in [7, 11) is 1.65. The number of amides is 1. The Labute approximate surface area is 139 Å². The van der Waals surface area contributed by atoms with Gasteiger partial charge in [0.25, 0.3) is 0 Å². The summed E-state index contributed by atoms with van der Waals surface area (Å²) < 4.78 is 5.22. The smallest absolute Gasteiger partial charge is 0.229 e. The maximum Gasteiger partial charge on any atom is 0.229 e. The van der Waals surface area contributed by atoms with E-state index in [4.69, 9.17) is 4.74 Å². The van der Waals surface area contributed by atoms with Crippen LogP contribution >= 0.6 is 11.3 Å².